The van der Waals surface area contributed by atoms with Gasteiger partial charge in [-0.3, -0.25) is 4.79 Å². The zero-order valence-corrected chi connectivity index (χ0v) is 31.9. The molecule has 0 aliphatic heterocycles. The molecule has 8 aromatic rings. The van der Waals surface area contributed by atoms with Crippen LogP contribution in [0.4, 0.5) is 0 Å². The largest absolute Gasteiger partial charge is 0.506 e. The van der Waals surface area contributed by atoms with Crippen LogP contribution in [-0.4, -0.2) is 15.1 Å². The summed E-state index contributed by atoms with van der Waals surface area (Å²) in [5, 5.41) is 30.5. The number of hydrogen-bond donors (Lipinski definition) is 2. The molecule has 0 saturated carbocycles. The molecule has 6 aromatic carbocycles. The molecule has 0 saturated heterocycles. The van der Waals surface area contributed by atoms with Gasteiger partial charge < -0.3 is 19.6 Å². The van der Waals surface area contributed by atoms with E-state index in [1.807, 2.05) is 127 Å². The summed E-state index contributed by atoms with van der Waals surface area (Å²) < 4.78 is 11.6. The monoisotopic (exact) mass is 796 g/mol. The Balaban J connectivity index is 0.000000177. The molecule has 58 heavy (non-hydrogen) atoms. The quantitative estimate of drug-likeness (QED) is 0.146. The van der Waals surface area contributed by atoms with Gasteiger partial charge in [0, 0.05) is 11.1 Å². The zero-order valence-electron chi connectivity index (χ0n) is 30.4. The Morgan fingerprint density at radius 2 is 0.931 bits per heavy atom. The van der Waals surface area contributed by atoms with E-state index in [0.717, 1.165) is 16.9 Å². The lowest BCUT2D eigenvalue weighted by Crippen LogP contribution is -2.12. The van der Waals surface area contributed by atoms with Crippen molar-refractivity contribution in [1.29, 1.82) is 10.5 Å². The third-order valence-electron chi connectivity index (χ3n) is 8.86. The van der Waals surface area contributed by atoms with Gasteiger partial charge >= 0.3 is 0 Å². The van der Waals surface area contributed by atoms with Gasteiger partial charge in [0.25, 0.3) is 5.56 Å². The molecular weight excluding hydrogens is 767 g/mol. The molecule has 0 aliphatic rings. The molecule has 0 amide bonds. The maximum absolute atomic E-state index is 12.7. The van der Waals surface area contributed by atoms with Crippen molar-refractivity contribution >= 4 is 23.2 Å². The Morgan fingerprint density at radius 3 is 1.40 bits per heavy atom. The molecule has 0 bridgehead atoms. The van der Waals surface area contributed by atoms with Gasteiger partial charge in [-0.2, -0.15) is 10.5 Å². The number of rotatable bonds is 8. The van der Waals surface area contributed by atoms with Crippen LogP contribution in [0.2, 0.25) is 10.2 Å². The molecule has 280 valence electrons. The Morgan fingerprint density at radius 1 is 0.517 bits per heavy atom. The molecule has 2 heterocycles. The second kappa shape index (κ2) is 17.9. The van der Waals surface area contributed by atoms with Crippen molar-refractivity contribution in [3.8, 4) is 85.7 Å². The highest BCUT2D eigenvalue weighted by molar-refractivity contribution is 6.39. The summed E-state index contributed by atoms with van der Waals surface area (Å²) in [7, 11) is 0. The number of nitriles is 2. The maximum Gasteiger partial charge on any atom is 0.260 e. The van der Waals surface area contributed by atoms with E-state index in [9.17, 15) is 20.4 Å². The van der Waals surface area contributed by atoms with Gasteiger partial charge in [-0.15, -0.1) is 0 Å². The van der Waals surface area contributed by atoms with E-state index in [1.165, 1.54) is 0 Å². The van der Waals surface area contributed by atoms with Gasteiger partial charge in [0.05, 0.1) is 27.5 Å². The van der Waals surface area contributed by atoms with Crippen LogP contribution in [0.1, 0.15) is 11.1 Å². The number of nitrogens with zero attached hydrogens (tertiary/aromatic N) is 3. The van der Waals surface area contributed by atoms with Crippen molar-refractivity contribution in [2.24, 2.45) is 0 Å². The minimum atomic E-state index is -0.465. The fourth-order valence-electron chi connectivity index (χ4n) is 6.10. The third-order valence-corrected chi connectivity index (χ3v) is 9.51. The fraction of sp³-hybridized carbons (Fsp3) is 0. The van der Waals surface area contributed by atoms with E-state index in [4.69, 9.17) is 32.7 Å². The number of ether oxygens (including phenoxy) is 2. The Bertz CT molecular complexity index is 2820. The van der Waals surface area contributed by atoms with E-state index in [0.29, 0.717) is 44.7 Å². The average Bonchev–Trinajstić information content (AvgIpc) is 3.26. The maximum atomic E-state index is 12.7. The van der Waals surface area contributed by atoms with E-state index in [-0.39, 0.29) is 33.3 Å². The number of hydrogen-bond acceptors (Lipinski definition) is 7. The van der Waals surface area contributed by atoms with Gasteiger partial charge in [0.1, 0.15) is 51.6 Å². The number of para-hydroxylation sites is 2. The van der Waals surface area contributed by atoms with Crippen LogP contribution in [0.3, 0.4) is 0 Å². The lowest BCUT2D eigenvalue weighted by Gasteiger charge is -2.13. The highest BCUT2D eigenvalue weighted by atomic mass is 35.5. The SMILES string of the molecule is N#Cc1c(-c2ccc(Oc3ccccc3)cc2)[nH]c(=O)c(-c2ccccc2)c1O.N#Cc1c(-c2ccc(Oc3ccccc3)cc2)nc(Cl)c(-c2ccccc2)c1Cl. The summed E-state index contributed by atoms with van der Waals surface area (Å²) in [5.74, 6) is 2.41. The molecule has 2 N–H and O–H groups in total. The first-order valence-corrected chi connectivity index (χ1v) is 18.6. The molecule has 0 atom stereocenters. The minimum Gasteiger partial charge on any atom is -0.506 e. The lowest BCUT2D eigenvalue weighted by molar-refractivity contribution is 0.474. The third kappa shape index (κ3) is 8.60. The van der Waals surface area contributed by atoms with Gasteiger partial charge in [0.2, 0.25) is 0 Å². The van der Waals surface area contributed by atoms with Gasteiger partial charge in [0.15, 0.2) is 0 Å². The highest BCUT2D eigenvalue weighted by Crippen LogP contribution is 2.40. The summed E-state index contributed by atoms with van der Waals surface area (Å²) in [6.45, 7) is 0. The first-order valence-electron chi connectivity index (χ1n) is 17.8. The number of aromatic amines is 1. The molecule has 0 fully saturated rings. The zero-order chi connectivity index (χ0) is 40.4. The van der Waals surface area contributed by atoms with Gasteiger partial charge in [-0.05, 0) is 89.5 Å². The number of aromatic nitrogens is 2. The highest BCUT2D eigenvalue weighted by Gasteiger charge is 2.21. The average molecular weight is 798 g/mol. The number of halogens is 2. The van der Waals surface area contributed by atoms with Crippen LogP contribution < -0.4 is 15.0 Å². The topological polar surface area (TPSA) is 132 Å². The Labute approximate surface area is 344 Å². The van der Waals surface area contributed by atoms with Crippen LogP contribution in [-0.2, 0) is 0 Å². The Hall–Kier alpha value is -7.62. The second-order valence-corrected chi connectivity index (χ2v) is 13.3. The van der Waals surface area contributed by atoms with Crippen molar-refractivity contribution < 1.29 is 14.6 Å². The minimum absolute atomic E-state index is 0.0141. The molecule has 10 heteroatoms. The van der Waals surface area contributed by atoms with Gasteiger partial charge in [-0.1, -0.05) is 120 Å². The molecule has 8 rings (SSSR count). The van der Waals surface area contributed by atoms with E-state index >= 15 is 0 Å². The number of pyridine rings is 2. The van der Waals surface area contributed by atoms with Crippen molar-refractivity contribution in [3.05, 3.63) is 202 Å². The number of nitrogens with one attached hydrogen (secondary N) is 1. The molecule has 0 radical (unpaired) electrons. The van der Waals surface area contributed by atoms with E-state index < -0.39 is 5.56 Å². The smallest absolute Gasteiger partial charge is 0.260 e. The van der Waals surface area contributed by atoms with Crippen LogP contribution in [0.15, 0.2) is 175 Å². The van der Waals surface area contributed by atoms with Crippen LogP contribution >= 0.6 is 23.2 Å². The van der Waals surface area contributed by atoms with Gasteiger partial charge in [-0.25, -0.2) is 4.98 Å². The first kappa shape index (κ1) is 38.6. The van der Waals surface area contributed by atoms with E-state index in [2.05, 4.69) is 16.0 Å². The standard InChI is InChI=1S/C24H14Cl2N2O.C24H16N2O3/c25-22-20(15-27)23(28-24(26)21(22)16-7-3-1-4-8-16)17-11-13-19(14-12-17)29-18-9-5-2-6-10-18;25-15-20-22(26-24(28)21(23(20)27)16-7-3-1-4-8-16)17-11-13-19(14-12-17)29-18-9-5-2-6-10-18/h1-14H;1-14H,(H2,26,27,28). The molecule has 2 aromatic heterocycles. The predicted molar refractivity (Wildman–Crippen MR) is 227 cm³/mol. The summed E-state index contributed by atoms with van der Waals surface area (Å²) in [6, 6.07) is 55.4. The molecule has 0 spiro atoms. The fourth-order valence-corrected chi connectivity index (χ4v) is 6.77. The van der Waals surface area contributed by atoms with Crippen LogP contribution in [0.25, 0.3) is 44.8 Å². The number of benzene rings is 6. The van der Waals surface area contributed by atoms with Crippen LogP contribution in [0, 0.1) is 22.7 Å². The summed E-state index contributed by atoms with van der Waals surface area (Å²) >= 11 is 13.0. The van der Waals surface area contributed by atoms with Crippen molar-refractivity contribution in [1.82, 2.24) is 9.97 Å². The van der Waals surface area contributed by atoms with Crippen molar-refractivity contribution in [2.75, 3.05) is 0 Å². The van der Waals surface area contributed by atoms with Crippen molar-refractivity contribution in [2.45, 2.75) is 0 Å². The van der Waals surface area contributed by atoms with E-state index in [1.54, 1.807) is 48.5 Å². The molecule has 0 unspecified atom stereocenters. The van der Waals surface area contributed by atoms with Crippen molar-refractivity contribution in [3.63, 3.8) is 0 Å². The summed E-state index contributed by atoms with van der Waals surface area (Å²) in [6.07, 6.45) is 0. The first-order chi connectivity index (χ1) is 28.3. The predicted octanol–water partition coefficient (Wildman–Crippen LogP) is 12.5. The summed E-state index contributed by atoms with van der Waals surface area (Å²) in [5.41, 5.74) is 3.84. The number of H-pyrrole nitrogens is 1. The summed E-state index contributed by atoms with van der Waals surface area (Å²) in [4.78, 5) is 19.9. The molecule has 8 nitrogen and oxygen atoms in total. The van der Waals surface area contributed by atoms with Crippen LogP contribution in [0.5, 0.6) is 28.7 Å². The normalized spacial score (nSPS) is 10.3. The lowest BCUT2D eigenvalue weighted by atomic mass is 9.99. The molecule has 0 aliphatic carbocycles. The number of aromatic hydroxyl groups is 1. The molecular formula is C48H30Cl2N4O4. The second-order valence-electron chi connectivity index (χ2n) is 12.6. The Kier molecular flexibility index (Phi) is 11.9.